The molecule has 3 aromatic rings. The molecule has 3 rings (SSSR count). The molecule has 0 unspecified atom stereocenters. The summed E-state index contributed by atoms with van der Waals surface area (Å²) in [6.07, 6.45) is 0. The van der Waals surface area contributed by atoms with Gasteiger partial charge in [-0.1, -0.05) is 54.1 Å². The minimum Gasteiger partial charge on any atom is -0.487 e. The normalized spacial score (nSPS) is 10.3. The van der Waals surface area contributed by atoms with Gasteiger partial charge in [0, 0.05) is 12.1 Å². The van der Waals surface area contributed by atoms with Crippen LogP contribution in [0.3, 0.4) is 0 Å². The van der Waals surface area contributed by atoms with Gasteiger partial charge in [0.25, 0.3) is 11.6 Å². The number of non-ortho nitro benzene ring substituents is 1. The second kappa shape index (κ2) is 8.33. The first kappa shape index (κ1) is 18.4. The van der Waals surface area contributed by atoms with Crippen LogP contribution in [0.1, 0.15) is 15.9 Å². The van der Waals surface area contributed by atoms with Crippen LogP contribution >= 0.6 is 11.6 Å². The summed E-state index contributed by atoms with van der Waals surface area (Å²) in [7, 11) is 0. The number of carbonyl (C=O) groups is 1. The van der Waals surface area contributed by atoms with Crippen LogP contribution in [0, 0.1) is 10.1 Å². The number of hydrogen-bond acceptors (Lipinski definition) is 4. The van der Waals surface area contributed by atoms with Crippen molar-refractivity contribution < 1.29 is 14.5 Å². The van der Waals surface area contributed by atoms with Crippen LogP contribution in [-0.2, 0) is 6.61 Å². The van der Waals surface area contributed by atoms with Gasteiger partial charge in [-0.2, -0.15) is 0 Å². The third-order valence-corrected chi connectivity index (χ3v) is 4.11. The van der Waals surface area contributed by atoms with Gasteiger partial charge in [-0.05, 0) is 23.8 Å². The average Bonchev–Trinajstić information content (AvgIpc) is 2.68. The monoisotopic (exact) mass is 382 g/mol. The SMILES string of the molecule is O=C(Nc1ccccc1OCc1ccccc1)c1cc([N+](=O)[O-])ccc1Cl. The summed E-state index contributed by atoms with van der Waals surface area (Å²) in [5.74, 6) is -0.0734. The number of nitrogens with one attached hydrogen (secondary N) is 1. The predicted octanol–water partition coefficient (Wildman–Crippen LogP) is 5.08. The van der Waals surface area contributed by atoms with E-state index in [1.807, 2.05) is 30.3 Å². The Hall–Kier alpha value is -3.38. The zero-order chi connectivity index (χ0) is 19.2. The lowest BCUT2D eigenvalue weighted by atomic mass is 10.1. The van der Waals surface area contributed by atoms with Crippen LogP contribution < -0.4 is 10.1 Å². The van der Waals surface area contributed by atoms with Gasteiger partial charge in [0.2, 0.25) is 0 Å². The van der Waals surface area contributed by atoms with Crippen LogP contribution in [0.4, 0.5) is 11.4 Å². The van der Waals surface area contributed by atoms with E-state index >= 15 is 0 Å². The van der Waals surface area contributed by atoms with Crippen molar-refractivity contribution in [2.45, 2.75) is 6.61 Å². The number of anilines is 1. The summed E-state index contributed by atoms with van der Waals surface area (Å²) in [5, 5.41) is 13.8. The van der Waals surface area contributed by atoms with Gasteiger partial charge in [0.15, 0.2) is 0 Å². The maximum atomic E-state index is 12.6. The fraction of sp³-hybridized carbons (Fsp3) is 0.0500. The van der Waals surface area contributed by atoms with Crippen LogP contribution in [0.2, 0.25) is 5.02 Å². The Morgan fingerprint density at radius 2 is 1.74 bits per heavy atom. The molecule has 0 atom stereocenters. The number of ether oxygens (including phenoxy) is 1. The van der Waals surface area contributed by atoms with Crippen molar-refractivity contribution in [3.63, 3.8) is 0 Å². The van der Waals surface area contributed by atoms with Crippen molar-refractivity contribution in [1.82, 2.24) is 0 Å². The summed E-state index contributed by atoms with van der Waals surface area (Å²) in [6, 6.07) is 20.3. The molecule has 0 radical (unpaired) electrons. The molecule has 6 nitrogen and oxygen atoms in total. The maximum absolute atomic E-state index is 12.6. The molecule has 0 heterocycles. The second-order valence-corrected chi connectivity index (χ2v) is 6.05. The van der Waals surface area contributed by atoms with E-state index in [9.17, 15) is 14.9 Å². The highest BCUT2D eigenvalue weighted by Gasteiger charge is 2.17. The predicted molar refractivity (Wildman–Crippen MR) is 103 cm³/mol. The Balaban J connectivity index is 1.79. The zero-order valence-corrected chi connectivity index (χ0v) is 14.8. The van der Waals surface area contributed by atoms with Crippen molar-refractivity contribution in [2.75, 3.05) is 5.32 Å². The van der Waals surface area contributed by atoms with Gasteiger partial charge >= 0.3 is 0 Å². The van der Waals surface area contributed by atoms with Crippen molar-refractivity contribution in [3.05, 3.63) is 99.1 Å². The number of hydrogen-bond donors (Lipinski definition) is 1. The third kappa shape index (κ3) is 4.62. The van der Waals surface area contributed by atoms with Gasteiger partial charge in [-0.25, -0.2) is 0 Å². The molecule has 0 saturated heterocycles. The summed E-state index contributed by atoms with van der Waals surface area (Å²) in [6.45, 7) is 0.339. The highest BCUT2D eigenvalue weighted by atomic mass is 35.5. The van der Waals surface area contributed by atoms with E-state index in [2.05, 4.69) is 5.32 Å². The minimum absolute atomic E-state index is 0.0173. The molecule has 0 bridgehead atoms. The van der Waals surface area contributed by atoms with E-state index in [4.69, 9.17) is 16.3 Å². The molecule has 1 N–H and O–H groups in total. The Labute approximate surface area is 160 Å². The van der Waals surface area contributed by atoms with E-state index in [1.165, 1.54) is 12.1 Å². The van der Waals surface area contributed by atoms with Gasteiger partial charge in [-0.3, -0.25) is 14.9 Å². The van der Waals surface area contributed by atoms with E-state index < -0.39 is 10.8 Å². The Morgan fingerprint density at radius 1 is 1.04 bits per heavy atom. The molecule has 3 aromatic carbocycles. The standard InChI is InChI=1S/C20H15ClN2O4/c21-17-11-10-15(23(25)26)12-16(17)20(24)22-18-8-4-5-9-19(18)27-13-14-6-2-1-3-7-14/h1-12H,13H2,(H,22,24). The number of para-hydroxylation sites is 2. The smallest absolute Gasteiger partial charge is 0.270 e. The molecule has 0 aliphatic rings. The first-order valence-corrected chi connectivity index (χ1v) is 8.43. The highest BCUT2D eigenvalue weighted by Crippen LogP contribution is 2.27. The highest BCUT2D eigenvalue weighted by molar-refractivity contribution is 6.34. The topological polar surface area (TPSA) is 81.5 Å². The molecule has 136 valence electrons. The zero-order valence-electron chi connectivity index (χ0n) is 14.1. The molecule has 0 fully saturated rings. The summed E-state index contributed by atoms with van der Waals surface area (Å²) in [4.78, 5) is 22.9. The lowest BCUT2D eigenvalue weighted by Gasteiger charge is -2.13. The molecule has 1 amide bonds. The Morgan fingerprint density at radius 3 is 2.48 bits per heavy atom. The summed E-state index contributed by atoms with van der Waals surface area (Å²) >= 11 is 6.03. The number of nitro groups is 1. The van der Waals surface area contributed by atoms with Crippen molar-refractivity contribution in [2.24, 2.45) is 0 Å². The number of carbonyl (C=O) groups excluding carboxylic acids is 1. The quantitative estimate of drug-likeness (QED) is 0.476. The molecule has 0 aliphatic heterocycles. The summed E-state index contributed by atoms with van der Waals surface area (Å²) in [5.41, 5.74) is 1.24. The number of nitrogens with zero attached hydrogens (tertiary/aromatic N) is 1. The molecule has 7 heteroatoms. The van der Waals surface area contributed by atoms with Crippen molar-refractivity contribution in [1.29, 1.82) is 0 Å². The second-order valence-electron chi connectivity index (χ2n) is 5.65. The fourth-order valence-electron chi connectivity index (χ4n) is 2.42. The number of nitro benzene ring substituents is 1. The minimum atomic E-state index is -0.579. The number of rotatable bonds is 6. The Kier molecular flexibility index (Phi) is 5.68. The molecular weight excluding hydrogens is 368 g/mol. The lowest BCUT2D eigenvalue weighted by Crippen LogP contribution is -2.14. The molecule has 27 heavy (non-hydrogen) atoms. The Bertz CT molecular complexity index is 977. The lowest BCUT2D eigenvalue weighted by molar-refractivity contribution is -0.384. The fourth-order valence-corrected chi connectivity index (χ4v) is 2.62. The molecule has 0 aromatic heterocycles. The first-order chi connectivity index (χ1) is 13.0. The third-order valence-electron chi connectivity index (χ3n) is 3.78. The van der Waals surface area contributed by atoms with Crippen LogP contribution in [0.15, 0.2) is 72.8 Å². The van der Waals surface area contributed by atoms with Gasteiger partial charge in [0.1, 0.15) is 12.4 Å². The van der Waals surface area contributed by atoms with Crippen molar-refractivity contribution >= 4 is 28.9 Å². The number of amides is 1. The van der Waals surface area contributed by atoms with E-state index in [0.717, 1.165) is 11.6 Å². The van der Waals surface area contributed by atoms with Crippen LogP contribution in [0.25, 0.3) is 0 Å². The molecule has 0 aliphatic carbocycles. The summed E-state index contributed by atoms with van der Waals surface area (Å²) < 4.78 is 5.80. The maximum Gasteiger partial charge on any atom is 0.270 e. The largest absolute Gasteiger partial charge is 0.487 e. The number of benzene rings is 3. The van der Waals surface area contributed by atoms with Crippen molar-refractivity contribution in [3.8, 4) is 5.75 Å². The van der Waals surface area contributed by atoms with E-state index in [0.29, 0.717) is 18.0 Å². The average molecular weight is 383 g/mol. The van der Waals surface area contributed by atoms with Crippen LogP contribution in [-0.4, -0.2) is 10.8 Å². The number of halogens is 1. The molecular formula is C20H15ClN2O4. The van der Waals surface area contributed by atoms with Gasteiger partial charge in [0.05, 0.1) is 21.2 Å². The van der Waals surface area contributed by atoms with E-state index in [-0.39, 0.29) is 16.3 Å². The van der Waals surface area contributed by atoms with Gasteiger partial charge in [-0.15, -0.1) is 0 Å². The van der Waals surface area contributed by atoms with Crippen LogP contribution in [0.5, 0.6) is 5.75 Å². The van der Waals surface area contributed by atoms with E-state index in [1.54, 1.807) is 24.3 Å². The van der Waals surface area contributed by atoms with Gasteiger partial charge < -0.3 is 10.1 Å². The molecule has 0 spiro atoms. The first-order valence-electron chi connectivity index (χ1n) is 8.05. The molecule has 0 saturated carbocycles.